The number of nitrogens with one attached hydrogen (secondary N) is 1. The van der Waals surface area contributed by atoms with Crippen LogP contribution in [0.5, 0.6) is 0 Å². The highest BCUT2D eigenvalue weighted by Gasteiger charge is 2.32. The van der Waals surface area contributed by atoms with Gasteiger partial charge in [0.05, 0.1) is 17.5 Å². The lowest BCUT2D eigenvalue weighted by Crippen LogP contribution is -2.47. The zero-order valence-corrected chi connectivity index (χ0v) is 21.0. The maximum Gasteiger partial charge on any atom is 0.416 e. The largest absolute Gasteiger partial charge is 0.416 e. The van der Waals surface area contributed by atoms with Gasteiger partial charge in [0.25, 0.3) is 0 Å². The van der Waals surface area contributed by atoms with Crippen molar-refractivity contribution in [3.05, 3.63) is 65.5 Å². The summed E-state index contributed by atoms with van der Waals surface area (Å²) in [5.41, 5.74) is -0.987. The molecule has 0 saturated carbocycles. The molecule has 0 saturated heterocycles. The molecule has 0 fully saturated rings. The zero-order chi connectivity index (χ0) is 27.1. The highest BCUT2D eigenvalue weighted by Crippen LogP contribution is 2.32. The van der Waals surface area contributed by atoms with Gasteiger partial charge in [0.15, 0.2) is 0 Å². The van der Waals surface area contributed by atoms with Gasteiger partial charge in [-0.05, 0) is 44.5 Å². The van der Waals surface area contributed by atoms with Crippen molar-refractivity contribution in [1.82, 2.24) is 10.2 Å². The minimum atomic E-state index is -4.66. The molecule has 36 heavy (non-hydrogen) atoms. The van der Waals surface area contributed by atoms with Gasteiger partial charge in [-0.1, -0.05) is 24.3 Å². The summed E-state index contributed by atoms with van der Waals surface area (Å²) in [6.07, 6.45) is -4.06. The number of rotatable bonds is 11. The van der Waals surface area contributed by atoms with Gasteiger partial charge in [-0.3, -0.25) is 13.9 Å². The number of benzene rings is 2. The van der Waals surface area contributed by atoms with E-state index in [0.717, 1.165) is 28.8 Å². The number of sulfonamides is 1. The van der Waals surface area contributed by atoms with Crippen LogP contribution in [0.3, 0.4) is 0 Å². The molecule has 0 aliphatic heterocycles. The summed E-state index contributed by atoms with van der Waals surface area (Å²) in [5, 5.41) is 2.61. The molecule has 12 heteroatoms. The van der Waals surface area contributed by atoms with Crippen molar-refractivity contribution in [3.63, 3.8) is 0 Å². The summed E-state index contributed by atoms with van der Waals surface area (Å²) in [4.78, 5) is 26.7. The second-order valence-electron chi connectivity index (χ2n) is 8.17. The lowest BCUT2D eigenvalue weighted by Gasteiger charge is -2.29. The van der Waals surface area contributed by atoms with Gasteiger partial charge in [-0.15, -0.1) is 0 Å². The van der Waals surface area contributed by atoms with Crippen molar-refractivity contribution in [2.24, 2.45) is 0 Å². The molecule has 2 aromatic carbocycles. The van der Waals surface area contributed by atoms with Crippen LogP contribution in [-0.2, 0) is 32.3 Å². The molecule has 0 bridgehead atoms. The second kappa shape index (κ2) is 12.2. The van der Waals surface area contributed by atoms with Crippen LogP contribution >= 0.6 is 0 Å². The third-order valence-corrected chi connectivity index (χ3v) is 6.62. The van der Waals surface area contributed by atoms with Gasteiger partial charge in [0, 0.05) is 31.6 Å². The Morgan fingerprint density at radius 1 is 1.08 bits per heavy atom. The van der Waals surface area contributed by atoms with E-state index in [2.05, 4.69) is 5.32 Å². The van der Waals surface area contributed by atoms with Gasteiger partial charge >= 0.3 is 6.18 Å². The van der Waals surface area contributed by atoms with Crippen molar-refractivity contribution in [3.8, 4) is 0 Å². The van der Waals surface area contributed by atoms with E-state index in [-0.39, 0.29) is 37.2 Å². The SMILES string of the molecule is CCNC(=O)[C@H](C)N(Cc1ccccc1F)C(=O)CCCN(c1cccc(C(F)(F)F)c1)S(C)(=O)=O. The van der Waals surface area contributed by atoms with E-state index in [9.17, 15) is 35.6 Å². The van der Waals surface area contributed by atoms with E-state index in [1.807, 2.05) is 0 Å². The van der Waals surface area contributed by atoms with Crippen LogP contribution in [-0.4, -0.2) is 50.5 Å². The van der Waals surface area contributed by atoms with Crippen LogP contribution in [0.15, 0.2) is 48.5 Å². The Labute approximate surface area is 208 Å². The zero-order valence-electron chi connectivity index (χ0n) is 20.2. The standard InChI is InChI=1S/C24H29F4N3O4S/c1-4-29-23(33)17(2)30(16-18-9-5-6-12-21(18)25)22(32)13-8-14-31(36(3,34)35)20-11-7-10-19(15-20)24(26,27)28/h5-7,9-12,15,17H,4,8,13-14,16H2,1-3H3,(H,29,33)/t17-/m0/s1. The number of amides is 2. The molecule has 1 atom stereocenters. The average molecular weight is 532 g/mol. The molecule has 0 aliphatic carbocycles. The normalized spacial score (nSPS) is 12.6. The van der Waals surface area contributed by atoms with E-state index < -0.39 is 45.4 Å². The van der Waals surface area contributed by atoms with E-state index >= 15 is 0 Å². The van der Waals surface area contributed by atoms with Gasteiger partial charge in [0.1, 0.15) is 11.9 Å². The van der Waals surface area contributed by atoms with E-state index in [4.69, 9.17) is 0 Å². The van der Waals surface area contributed by atoms with Gasteiger partial charge < -0.3 is 10.2 Å². The van der Waals surface area contributed by atoms with E-state index in [1.54, 1.807) is 13.0 Å². The summed E-state index contributed by atoms with van der Waals surface area (Å²) < 4.78 is 78.9. The predicted molar refractivity (Wildman–Crippen MR) is 128 cm³/mol. The lowest BCUT2D eigenvalue weighted by atomic mass is 10.1. The summed E-state index contributed by atoms with van der Waals surface area (Å²) in [6, 6.07) is 8.76. The highest BCUT2D eigenvalue weighted by molar-refractivity contribution is 7.92. The molecule has 198 valence electrons. The summed E-state index contributed by atoms with van der Waals surface area (Å²) >= 11 is 0. The number of halogens is 4. The van der Waals surface area contributed by atoms with Crippen molar-refractivity contribution in [1.29, 1.82) is 0 Å². The monoisotopic (exact) mass is 531 g/mol. The van der Waals surface area contributed by atoms with Crippen molar-refractivity contribution >= 4 is 27.5 Å². The van der Waals surface area contributed by atoms with Crippen molar-refractivity contribution < 1.29 is 35.6 Å². The molecular formula is C24H29F4N3O4S. The van der Waals surface area contributed by atoms with E-state index in [1.165, 1.54) is 36.1 Å². The molecule has 0 spiro atoms. The Kier molecular flexibility index (Phi) is 9.85. The Balaban J connectivity index is 2.21. The maximum atomic E-state index is 14.2. The van der Waals surface area contributed by atoms with Crippen LogP contribution in [0.4, 0.5) is 23.2 Å². The fourth-order valence-corrected chi connectivity index (χ4v) is 4.51. The molecule has 1 N–H and O–H groups in total. The highest BCUT2D eigenvalue weighted by atomic mass is 32.2. The summed E-state index contributed by atoms with van der Waals surface area (Å²) in [5.74, 6) is -1.52. The Bertz CT molecular complexity index is 1170. The van der Waals surface area contributed by atoms with Crippen LogP contribution < -0.4 is 9.62 Å². The van der Waals surface area contributed by atoms with Crippen LogP contribution in [0.1, 0.15) is 37.8 Å². The molecule has 0 aliphatic rings. The number of nitrogens with zero attached hydrogens (tertiary/aromatic N) is 2. The molecular weight excluding hydrogens is 502 g/mol. The second-order valence-corrected chi connectivity index (χ2v) is 10.1. The first-order valence-electron chi connectivity index (χ1n) is 11.2. The fraction of sp³-hybridized carbons (Fsp3) is 0.417. The average Bonchev–Trinajstić information content (AvgIpc) is 2.79. The van der Waals surface area contributed by atoms with Gasteiger partial charge in [-0.2, -0.15) is 13.2 Å². The summed E-state index contributed by atoms with van der Waals surface area (Å²) in [6.45, 7) is 3.07. The smallest absolute Gasteiger partial charge is 0.355 e. The summed E-state index contributed by atoms with van der Waals surface area (Å²) in [7, 11) is -3.96. The molecule has 7 nitrogen and oxygen atoms in total. The quantitative estimate of drug-likeness (QED) is 0.445. The molecule has 2 amide bonds. The minimum absolute atomic E-state index is 0.0436. The Morgan fingerprint density at radius 2 is 1.75 bits per heavy atom. The Hall–Kier alpha value is -3.15. The predicted octanol–water partition coefficient (Wildman–Crippen LogP) is 3.94. The molecule has 0 radical (unpaired) electrons. The van der Waals surface area contributed by atoms with Crippen molar-refractivity contribution in [2.45, 2.75) is 45.5 Å². The van der Waals surface area contributed by atoms with Crippen LogP contribution in [0.25, 0.3) is 0 Å². The fourth-order valence-electron chi connectivity index (χ4n) is 3.56. The third kappa shape index (κ3) is 7.94. The number of carbonyl (C=O) groups excluding carboxylic acids is 2. The molecule has 0 unspecified atom stereocenters. The van der Waals surface area contributed by atoms with Crippen LogP contribution in [0, 0.1) is 5.82 Å². The lowest BCUT2D eigenvalue weighted by molar-refractivity contribution is -0.140. The maximum absolute atomic E-state index is 14.2. The minimum Gasteiger partial charge on any atom is -0.355 e. The van der Waals surface area contributed by atoms with E-state index in [0.29, 0.717) is 6.54 Å². The number of carbonyl (C=O) groups is 2. The Morgan fingerprint density at radius 3 is 2.33 bits per heavy atom. The van der Waals surface area contributed by atoms with Crippen molar-refractivity contribution in [2.75, 3.05) is 23.7 Å². The first kappa shape index (κ1) is 29.1. The number of alkyl halides is 3. The third-order valence-electron chi connectivity index (χ3n) is 5.43. The molecule has 2 rings (SSSR count). The molecule has 2 aromatic rings. The number of hydrogen-bond acceptors (Lipinski definition) is 4. The first-order valence-corrected chi connectivity index (χ1v) is 13.1. The van der Waals surface area contributed by atoms with Gasteiger partial charge in [0.2, 0.25) is 21.8 Å². The first-order chi connectivity index (χ1) is 16.8. The number of hydrogen-bond donors (Lipinski definition) is 1. The topological polar surface area (TPSA) is 86.8 Å². The van der Waals surface area contributed by atoms with Crippen LogP contribution in [0.2, 0.25) is 0 Å². The molecule has 0 heterocycles. The molecule has 0 aromatic heterocycles. The van der Waals surface area contributed by atoms with Gasteiger partial charge in [-0.25, -0.2) is 12.8 Å². The number of anilines is 1. The number of likely N-dealkylation sites (N-methyl/N-ethyl adjacent to an activating group) is 1.